The Morgan fingerprint density at radius 2 is 1.87 bits per heavy atom. The normalized spacial score (nSPS) is 14.4. The molecule has 1 heterocycles. The van der Waals surface area contributed by atoms with Crippen LogP contribution in [0.3, 0.4) is 0 Å². The largest absolute Gasteiger partial charge is 0.480 e. The maximum atomic E-state index is 12.5. The molecule has 1 N–H and O–H groups in total. The lowest BCUT2D eigenvalue weighted by Gasteiger charge is -2.26. The molecule has 1 aliphatic rings. The number of aliphatic carboxylic acids is 1. The first-order chi connectivity index (χ1) is 11.1. The standard InChI is InChI=1S/C18H18N2O3/c1-19-11-10-16(21)20(12-17(22)23)18-14(8-5-9-15(18)19)13-6-3-2-4-7-13/h2-9H,10-12H2,1H3,(H,22,23). The zero-order chi connectivity index (χ0) is 16.4. The number of carbonyl (C=O) groups excluding carboxylic acids is 1. The van der Waals surface area contributed by atoms with Gasteiger partial charge >= 0.3 is 5.97 Å². The Morgan fingerprint density at radius 3 is 2.57 bits per heavy atom. The van der Waals surface area contributed by atoms with E-state index in [0.29, 0.717) is 18.7 Å². The maximum Gasteiger partial charge on any atom is 0.323 e. The predicted molar refractivity (Wildman–Crippen MR) is 89.8 cm³/mol. The zero-order valence-electron chi connectivity index (χ0n) is 12.9. The van der Waals surface area contributed by atoms with Gasteiger partial charge in [0, 0.05) is 25.6 Å². The van der Waals surface area contributed by atoms with Crippen LogP contribution in [0.15, 0.2) is 48.5 Å². The van der Waals surface area contributed by atoms with Gasteiger partial charge in [-0.25, -0.2) is 0 Å². The van der Waals surface area contributed by atoms with Gasteiger partial charge in [0.15, 0.2) is 0 Å². The molecule has 2 aromatic carbocycles. The van der Waals surface area contributed by atoms with Crippen molar-refractivity contribution in [2.24, 2.45) is 0 Å². The Kier molecular flexibility index (Phi) is 4.02. The van der Waals surface area contributed by atoms with Gasteiger partial charge in [-0.2, -0.15) is 0 Å². The molecule has 2 aromatic rings. The van der Waals surface area contributed by atoms with Crippen LogP contribution >= 0.6 is 0 Å². The van der Waals surface area contributed by atoms with Gasteiger partial charge < -0.3 is 10.0 Å². The average molecular weight is 310 g/mol. The highest BCUT2D eigenvalue weighted by atomic mass is 16.4. The SMILES string of the molecule is CN1CCC(=O)N(CC(=O)O)c2c(-c3ccccc3)cccc21. The van der Waals surface area contributed by atoms with E-state index in [4.69, 9.17) is 0 Å². The highest BCUT2D eigenvalue weighted by molar-refractivity contribution is 6.06. The summed E-state index contributed by atoms with van der Waals surface area (Å²) in [5, 5.41) is 9.22. The third-order valence-corrected chi connectivity index (χ3v) is 4.04. The van der Waals surface area contributed by atoms with Crippen LogP contribution in [-0.2, 0) is 9.59 Å². The summed E-state index contributed by atoms with van der Waals surface area (Å²) >= 11 is 0. The maximum absolute atomic E-state index is 12.5. The van der Waals surface area contributed by atoms with E-state index in [2.05, 4.69) is 0 Å². The number of hydrogen-bond donors (Lipinski definition) is 1. The monoisotopic (exact) mass is 310 g/mol. The molecule has 5 heteroatoms. The molecule has 118 valence electrons. The average Bonchev–Trinajstić information content (AvgIpc) is 2.67. The van der Waals surface area contributed by atoms with Crippen LogP contribution < -0.4 is 9.80 Å². The van der Waals surface area contributed by atoms with Crippen LogP contribution in [-0.4, -0.2) is 37.1 Å². The fourth-order valence-corrected chi connectivity index (χ4v) is 2.92. The van der Waals surface area contributed by atoms with Gasteiger partial charge in [-0.1, -0.05) is 42.5 Å². The lowest BCUT2D eigenvalue weighted by Crippen LogP contribution is -2.35. The molecular weight excluding hydrogens is 292 g/mol. The van der Waals surface area contributed by atoms with Crippen molar-refractivity contribution in [2.75, 3.05) is 29.9 Å². The second-order valence-electron chi connectivity index (χ2n) is 5.58. The van der Waals surface area contributed by atoms with Crippen LogP contribution in [0, 0.1) is 0 Å². The summed E-state index contributed by atoms with van der Waals surface area (Å²) in [4.78, 5) is 27.1. The molecule has 1 amide bonds. The molecular formula is C18H18N2O3. The van der Waals surface area contributed by atoms with Crippen molar-refractivity contribution in [3.8, 4) is 11.1 Å². The van der Waals surface area contributed by atoms with Crippen molar-refractivity contribution in [2.45, 2.75) is 6.42 Å². The zero-order valence-corrected chi connectivity index (χ0v) is 12.9. The van der Waals surface area contributed by atoms with Gasteiger partial charge in [-0.15, -0.1) is 0 Å². The Hall–Kier alpha value is -2.82. The number of fused-ring (bicyclic) bond motifs is 1. The molecule has 3 rings (SSSR count). The molecule has 0 aromatic heterocycles. The van der Waals surface area contributed by atoms with Crippen LogP contribution in [0.25, 0.3) is 11.1 Å². The topological polar surface area (TPSA) is 60.9 Å². The number of para-hydroxylation sites is 1. The minimum Gasteiger partial charge on any atom is -0.480 e. The van der Waals surface area contributed by atoms with Gasteiger partial charge in [0.05, 0.1) is 11.4 Å². The summed E-state index contributed by atoms with van der Waals surface area (Å²) in [5.74, 6) is -1.18. The van der Waals surface area contributed by atoms with Crippen LogP contribution in [0.4, 0.5) is 11.4 Å². The quantitative estimate of drug-likeness (QED) is 0.946. The van der Waals surface area contributed by atoms with E-state index in [1.54, 1.807) is 0 Å². The first kappa shape index (κ1) is 15.1. The van der Waals surface area contributed by atoms with E-state index >= 15 is 0 Å². The van der Waals surface area contributed by atoms with Crippen molar-refractivity contribution < 1.29 is 14.7 Å². The van der Waals surface area contributed by atoms with Crippen LogP contribution in [0.1, 0.15) is 6.42 Å². The molecule has 1 aliphatic heterocycles. The lowest BCUT2D eigenvalue weighted by molar-refractivity contribution is -0.136. The number of carboxylic acids is 1. The van der Waals surface area contributed by atoms with E-state index < -0.39 is 5.97 Å². The smallest absolute Gasteiger partial charge is 0.323 e. The lowest BCUT2D eigenvalue weighted by atomic mass is 10.0. The summed E-state index contributed by atoms with van der Waals surface area (Å²) < 4.78 is 0. The highest BCUT2D eigenvalue weighted by Crippen LogP contribution is 2.40. The molecule has 0 radical (unpaired) electrons. The number of carbonyl (C=O) groups is 2. The molecule has 0 spiro atoms. The van der Waals surface area contributed by atoms with E-state index in [1.165, 1.54) is 4.90 Å². The summed E-state index contributed by atoms with van der Waals surface area (Å²) in [6.45, 7) is 0.240. The minimum atomic E-state index is -1.02. The first-order valence-electron chi connectivity index (χ1n) is 7.49. The number of nitrogens with zero attached hydrogens (tertiary/aromatic N) is 2. The third kappa shape index (κ3) is 2.90. The number of benzene rings is 2. The van der Waals surface area contributed by atoms with Crippen molar-refractivity contribution in [3.05, 3.63) is 48.5 Å². The van der Waals surface area contributed by atoms with E-state index in [1.807, 2.05) is 60.5 Å². The number of carboxylic acid groups (broad SMARTS) is 1. The number of amides is 1. The minimum absolute atomic E-state index is 0.165. The molecule has 0 fully saturated rings. The second-order valence-corrected chi connectivity index (χ2v) is 5.58. The molecule has 0 atom stereocenters. The molecule has 23 heavy (non-hydrogen) atoms. The predicted octanol–water partition coefficient (Wildman–Crippen LogP) is 2.61. The highest BCUT2D eigenvalue weighted by Gasteiger charge is 2.28. The summed E-state index contributed by atoms with van der Waals surface area (Å²) in [6, 6.07) is 15.5. The molecule has 5 nitrogen and oxygen atoms in total. The number of rotatable bonds is 3. The van der Waals surface area contributed by atoms with Gasteiger partial charge in [0.25, 0.3) is 0 Å². The Labute approximate surface area is 134 Å². The third-order valence-electron chi connectivity index (χ3n) is 4.04. The van der Waals surface area contributed by atoms with Gasteiger partial charge in [-0.3, -0.25) is 14.5 Å². The molecule has 0 saturated heterocycles. The van der Waals surface area contributed by atoms with Crippen molar-refractivity contribution in [3.63, 3.8) is 0 Å². The van der Waals surface area contributed by atoms with Crippen molar-refractivity contribution in [1.82, 2.24) is 0 Å². The van der Waals surface area contributed by atoms with E-state index in [0.717, 1.165) is 16.8 Å². The van der Waals surface area contributed by atoms with Gasteiger partial charge in [-0.05, 0) is 11.6 Å². The van der Waals surface area contributed by atoms with Crippen molar-refractivity contribution in [1.29, 1.82) is 0 Å². The van der Waals surface area contributed by atoms with E-state index in [-0.39, 0.29) is 12.5 Å². The van der Waals surface area contributed by atoms with Crippen LogP contribution in [0.2, 0.25) is 0 Å². The second kappa shape index (κ2) is 6.12. The molecule has 0 unspecified atom stereocenters. The summed E-state index contributed by atoms with van der Waals surface area (Å²) in [7, 11) is 1.92. The fraction of sp³-hybridized carbons (Fsp3) is 0.222. The summed E-state index contributed by atoms with van der Waals surface area (Å²) in [6.07, 6.45) is 0.298. The van der Waals surface area contributed by atoms with Gasteiger partial charge in [0.1, 0.15) is 6.54 Å². The first-order valence-corrected chi connectivity index (χ1v) is 7.49. The Bertz CT molecular complexity index is 743. The fourth-order valence-electron chi connectivity index (χ4n) is 2.92. The van der Waals surface area contributed by atoms with Gasteiger partial charge in [0.2, 0.25) is 5.91 Å². The Morgan fingerprint density at radius 1 is 1.13 bits per heavy atom. The molecule has 0 aliphatic carbocycles. The number of anilines is 2. The molecule has 0 saturated carbocycles. The van der Waals surface area contributed by atoms with Crippen molar-refractivity contribution >= 4 is 23.3 Å². The van der Waals surface area contributed by atoms with E-state index in [9.17, 15) is 14.7 Å². The summed E-state index contributed by atoms with van der Waals surface area (Å²) in [5.41, 5.74) is 3.37. The Balaban J connectivity index is 2.23. The van der Waals surface area contributed by atoms with Crippen LogP contribution in [0.5, 0.6) is 0 Å². The molecule has 0 bridgehead atoms. The number of hydrogen-bond acceptors (Lipinski definition) is 3.